The summed E-state index contributed by atoms with van der Waals surface area (Å²) in [5.41, 5.74) is 1.91. The highest BCUT2D eigenvalue weighted by molar-refractivity contribution is 5.91. The first-order valence-corrected chi connectivity index (χ1v) is 8.30. The van der Waals surface area contributed by atoms with Gasteiger partial charge in [-0.15, -0.1) is 0 Å². The van der Waals surface area contributed by atoms with E-state index in [1.54, 1.807) is 7.05 Å². The van der Waals surface area contributed by atoms with E-state index in [1.165, 1.54) is 35.5 Å². The molecule has 1 N–H and O–H groups in total. The number of carbonyl (C=O) groups excluding carboxylic acids is 1. The molecule has 1 aliphatic carbocycles. The summed E-state index contributed by atoms with van der Waals surface area (Å²) in [7, 11) is 2.99. The second-order valence-corrected chi connectivity index (χ2v) is 6.33. The molecule has 2 aromatic rings. The van der Waals surface area contributed by atoms with E-state index in [2.05, 4.69) is 11.4 Å². The lowest BCUT2D eigenvalue weighted by Gasteiger charge is -2.25. The minimum atomic E-state index is -0.421. The normalized spacial score (nSPS) is 16.6. The molecule has 0 fully saturated rings. The highest BCUT2D eigenvalue weighted by Gasteiger charge is 2.20. The van der Waals surface area contributed by atoms with Crippen LogP contribution < -0.4 is 16.6 Å². The predicted octanol–water partition coefficient (Wildman–Crippen LogP) is 1.29. The van der Waals surface area contributed by atoms with Crippen molar-refractivity contribution in [1.82, 2.24) is 14.5 Å². The van der Waals surface area contributed by atoms with Crippen molar-refractivity contribution < 1.29 is 4.79 Å². The maximum Gasteiger partial charge on any atom is 0.330 e. The average molecular weight is 339 g/mol. The summed E-state index contributed by atoms with van der Waals surface area (Å²) in [5.74, 6) is -0.252. The van der Waals surface area contributed by atoms with Gasteiger partial charge < -0.3 is 9.88 Å². The molecule has 0 aliphatic heterocycles. The van der Waals surface area contributed by atoms with Crippen molar-refractivity contribution in [3.63, 3.8) is 0 Å². The van der Waals surface area contributed by atoms with Crippen LogP contribution in [-0.4, -0.2) is 15.0 Å². The fourth-order valence-corrected chi connectivity index (χ4v) is 3.24. The summed E-state index contributed by atoms with van der Waals surface area (Å²) >= 11 is 0. The first-order valence-electron chi connectivity index (χ1n) is 8.30. The Kier molecular flexibility index (Phi) is 4.70. The van der Waals surface area contributed by atoms with Crippen LogP contribution in [-0.2, 0) is 25.3 Å². The Balaban J connectivity index is 1.77. The summed E-state index contributed by atoms with van der Waals surface area (Å²) in [5, 5.41) is 3.00. The maximum absolute atomic E-state index is 12.3. The molecule has 1 amide bonds. The van der Waals surface area contributed by atoms with Crippen molar-refractivity contribution in [2.45, 2.75) is 25.3 Å². The van der Waals surface area contributed by atoms with Crippen LogP contribution in [0.2, 0.25) is 0 Å². The van der Waals surface area contributed by atoms with Crippen molar-refractivity contribution in [3.8, 4) is 0 Å². The van der Waals surface area contributed by atoms with Gasteiger partial charge in [-0.1, -0.05) is 24.3 Å². The van der Waals surface area contributed by atoms with E-state index in [0.29, 0.717) is 5.56 Å². The van der Waals surface area contributed by atoms with E-state index in [9.17, 15) is 14.4 Å². The summed E-state index contributed by atoms with van der Waals surface area (Å²) in [4.78, 5) is 36.0. The van der Waals surface area contributed by atoms with Gasteiger partial charge in [0.15, 0.2) is 0 Å². The van der Waals surface area contributed by atoms with Crippen LogP contribution in [0, 0.1) is 0 Å². The molecule has 0 radical (unpaired) electrons. The molecule has 0 spiro atoms. The number of carbonyl (C=O) groups is 1. The lowest BCUT2D eigenvalue weighted by molar-refractivity contribution is -0.117. The summed E-state index contributed by atoms with van der Waals surface area (Å²) in [6.07, 6.45) is 7.20. The van der Waals surface area contributed by atoms with Gasteiger partial charge in [-0.3, -0.25) is 14.2 Å². The fraction of sp³-hybridized carbons (Fsp3) is 0.316. The van der Waals surface area contributed by atoms with Gasteiger partial charge in [0, 0.05) is 26.4 Å². The fourth-order valence-electron chi connectivity index (χ4n) is 3.24. The molecular formula is C19H21N3O3. The van der Waals surface area contributed by atoms with Crippen molar-refractivity contribution in [2.24, 2.45) is 14.1 Å². The zero-order valence-electron chi connectivity index (χ0n) is 14.4. The molecule has 0 saturated carbocycles. The van der Waals surface area contributed by atoms with Crippen LogP contribution in [0.15, 0.2) is 46.1 Å². The second-order valence-electron chi connectivity index (χ2n) is 6.33. The van der Waals surface area contributed by atoms with Crippen LogP contribution in [0.5, 0.6) is 0 Å². The van der Waals surface area contributed by atoms with Crippen molar-refractivity contribution in [2.75, 3.05) is 0 Å². The molecule has 1 aliphatic rings. The third-order valence-electron chi connectivity index (χ3n) is 4.57. The van der Waals surface area contributed by atoms with Gasteiger partial charge in [0.05, 0.1) is 11.6 Å². The van der Waals surface area contributed by atoms with E-state index >= 15 is 0 Å². The third-order valence-corrected chi connectivity index (χ3v) is 4.57. The monoisotopic (exact) mass is 339 g/mol. The van der Waals surface area contributed by atoms with Gasteiger partial charge in [0.1, 0.15) is 0 Å². The molecule has 25 heavy (non-hydrogen) atoms. The molecule has 3 rings (SSSR count). The quantitative estimate of drug-likeness (QED) is 0.857. The lowest BCUT2D eigenvalue weighted by atomic mass is 9.88. The molecule has 6 nitrogen and oxygen atoms in total. The summed E-state index contributed by atoms with van der Waals surface area (Å²) in [6.45, 7) is 0. The number of rotatable bonds is 3. The molecule has 1 aromatic carbocycles. The molecule has 0 saturated heterocycles. The standard InChI is InChI=1S/C19H21N3O3/c1-21-12-14(18(24)22(2)19(21)25)10-11-17(23)20-16-9-5-7-13-6-3-4-8-15(13)16/h3-4,6,8,10-12,16H,5,7,9H2,1-2H3,(H,20,23)/b11-10+. The molecule has 0 bridgehead atoms. The Bertz CT molecular complexity index is 953. The maximum atomic E-state index is 12.3. The number of fused-ring (bicyclic) bond motifs is 1. The number of nitrogens with zero attached hydrogens (tertiary/aromatic N) is 2. The highest BCUT2D eigenvalue weighted by atomic mass is 16.2. The smallest absolute Gasteiger partial charge is 0.330 e. The molecular weight excluding hydrogens is 318 g/mol. The molecule has 130 valence electrons. The SMILES string of the molecule is Cn1cc(/C=C/C(=O)NC2CCCc3ccccc32)c(=O)n(C)c1=O. The van der Waals surface area contributed by atoms with Crippen molar-refractivity contribution in [1.29, 1.82) is 0 Å². The van der Waals surface area contributed by atoms with Gasteiger partial charge in [-0.05, 0) is 36.5 Å². The number of hydrogen-bond donors (Lipinski definition) is 1. The predicted molar refractivity (Wildman–Crippen MR) is 96.2 cm³/mol. The van der Waals surface area contributed by atoms with Crippen LogP contribution in [0.4, 0.5) is 0 Å². The Morgan fingerprint density at radius 1 is 1.24 bits per heavy atom. The number of aryl methyl sites for hydroxylation is 2. The first kappa shape index (κ1) is 17.0. The minimum Gasteiger partial charge on any atom is -0.346 e. The minimum absolute atomic E-state index is 0.00920. The van der Waals surface area contributed by atoms with E-state index in [-0.39, 0.29) is 11.9 Å². The number of amides is 1. The molecule has 1 atom stereocenters. The van der Waals surface area contributed by atoms with Gasteiger partial charge in [0.25, 0.3) is 5.56 Å². The third kappa shape index (κ3) is 3.47. The Hall–Kier alpha value is -2.89. The largest absolute Gasteiger partial charge is 0.346 e. The van der Waals surface area contributed by atoms with Gasteiger partial charge in [-0.2, -0.15) is 0 Å². The Morgan fingerprint density at radius 2 is 2.00 bits per heavy atom. The van der Waals surface area contributed by atoms with Gasteiger partial charge >= 0.3 is 5.69 Å². The van der Waals surface area contributed by atoms with Crippen LogP contribution in [0.1, 0.15) is 35.6 Å². The van der Waals surface area contributed by atoms with E-state index in [1.807, 2.05) is 18.2 Å². The van der Waals surface area contributed by atoms with Crippen LogP contribution in [0.25, 0.3) is 6.08 Å². The molecule has 1 heterocycles. The van der Waals surface area contributed by atoms with Crippen molar-refractivity contribution in [3.05, 3.63) is 74.1 Å². The first-order chi connectivity index (χ1) is 12.0. The number of nitrogens with one attached hydrogen (secondary N) is 1. The topological polar surface area (TPSA) is 73.1 Å². The molecule has 1 unspecified atom stereocenters. The number of benzene rings is 1. The number of aromatic nitrogens is 2. The Morgan fingerprint density at radius 3 is 2.80 bits per heavy atom. The van der Waals surface area contributed by atoms with Crippen LogP contribution >= 0.6 is 0 Å². The zero-order valence-corrected chi connectivity index (χ0v) is 14.4. The van der Waals surface area contributed by atoms with Crippen LogP contribution in [0.3, 0.4) is 0 Å². The average Bonchev–Trinajstić information content (AvgIpc) is 2.62. The number of hydrogen-bond acceptors (Lipinski definition) is 3. The zero-order chi connectivity index (χ0) is 18.0. The van der Waals surface area contributed by atoms with Gasteiger partial charge in [0.2, 0.25) is 5.91 Å². The van der Waals surface area contributed by atoms with Crippen molar-refractivity contribution >= 4 is 12.0 Å². The highest BCUT2D eigenvalue weighted by Crippen LogP contribution is 2.29. The molecule has 6 heteroatoms. The Labute approximate surface area is 145 Å². The van der Waals surface area contributed by atoms with E-state index in [4.69, 9.17) is 0 Å². The lowest BCUT2D eigenvalue weighted by Crippen LogP contribution is -2.37. The summed E-state index contributed by atoms with van der Waals surface area (Å²) in [6, 6.07) is 8.13. The molecule has 1 aromatic heterocycles. The van der Waals surface area contributed by atoms with Gasteiger partial charge in [-0.25, -0.2) is 4.79 Å². The van der Waals surface area contributed by atoms with E-state index in [0.717, 1.165) is 29.4 Å². The van der Waals surface area contributed by atoms with E-state index < -0.39 is 11.2 Å². The summed E-state index contributed by atoms with van der Waals surface area (Å²) < 4.78 is 2.34. The second kappa shape index (κ2) is 6.93.